The topological polar surface area (TPSA) is 83.2 Å². The molecule has 30 heavy (non-hydrogen) atoms. The van der Waals surface area contributed by atoms with Crippen molar-refractivity contribution < 1.29 is 14.3 Å². The third-order valence-electron chi connectivity index (χ3n) is 5.29. The van der Waals surface area contributed by atoms with Gasteiger partial charge in [0.25, 0.3) is 5.91 Å². The van der Waals surface area contributed by atoms with Gasteiger partial charge in [0, 0.05) is 28.2 Å². The highest BCUT2D eigenvalue weighted by molar-refractivity contribution is 5.93. The van der Waals surface area contributed by atoms with E-state index >= 15 is 0 Å². The first-order valence-corrected chi connectivity index (χ1v) is 9.70. The van der Waals surface area contributed by atoms with Crippen LogP contribution in [0.25, 0.3) is 10.9 Å². The zero-order valence-electron chi connectivity index (χ0n) is 16.0. The van der Waals surface area contributed by atoms with Crippen LogP contribution in [-0.4, -0.2) is 16.8 Å². The molecule has 4 aromatic rings. The van der Waals surface area contributed by atoms with E-state index in [9.17, 15) is 9.59 Å². The summed E-state index contributed by atoms with van der Waals surface area (Å²) in [6, 6.07) is 22.6. The first-order chi connectivity index (χ1) is 14.7. The summed E-state index contributed by atoms with van der Waals surface area (Å²) in [5.74, 6) is 0.106. The molecule has 6 nitrogen and oxygen atoms in total. The molecule has 148 valence electrons. The van der Waals surface area contributed by atoms with Crippen LogP contribution in [-0.2, 0) is 16.0 Å². The van der Waals surface area contributed by atoms with Gasteiger partial charge >= 0.3 is 0 Å². The summed E-state index contributed by atoms with van der Waals surface area (Å²) in [5, 5.41) is 0.992. The number of rotatable bonds is 3. The maximum Gasteiger partial charge on any atom is 0.250 e. The molecule has 0 saturated heterocycles. The Morgan fingerprint density at radius 2 is 1.47 bits per heavy atom. The van der Waals surface area contributed by atoms with E-state index in [1.807, 2.05) is 79.0 Å². The highest BCUT2D eigenvalue weighted by Gasteiger charge is 2.32. The summed E-state index contributed by atoms with van der Waals surface area (Å²) in [4.78, 5) is 28.7. The maximum atomic E-state index is 13.1. The van der Waals surface area contributed by atoms with Gasteiger partial charge in [-0.1, -0.05) is 54.6 Å². The Bertz CT molecular complexity index is 1220. The first-order valence-electron chi connectivity index (χ1n) is 9.70. The largest absolute Gasteiger partial charge is 0.457 e. The molecule has 0 fully saturated rings. The molecule has 0 radical (unpaired) electrons. The number of carbonyl (C=O) groups excluding carboxylic acids is 2. The third kappa shape index (κ3) is 3.18. The van der Waals surface area contributed by atoms with Gasteiger partial charge < -0.3 is 9.72 Å². The van der Waals surface area contributed by atoms with Crippen LogP contribution in [0.2, 0.25) is 0 Å². The van der Waals surface area contributed by atoms with Crippen molar-refractivity contribution in [2.45, 2.75) is 12.3 Å². The van der Waals surface area contributed by atoms with Gasteiger partial charge in [-0.05, 0) is 23.8 Å². The molecule has 0 aliphatic carbocycles. The summed E-state index contributed by atoms with van der Waals surface area (Å²) >= 11 is 0. The van der Waals surface area contributed by atoms with Crippen molar-refractivity contribution >= 4 is 22.7 Å². The van der Waals surface area contributed by atoms with Gasteiger partial charge in [-0.3, -0.25) is 20.4 Å². The fraction of sp³-hybridized carbons (Fsp3) is 0.0833. The number of hydrazine groups is 1. The van der Waals surface area contributed by atoms with Crippen LogP contribution in [0.4, 0.5) is 0 Å². The van der Waals surface area contributed by atoms with Gasteiger partial charge in [0.05, 0.1) is 12.3 Å². The van der Waals surface area contributed by atoms with Gasteiger partial charge in [0.2, 0.25) is 5.91 Å². The minimum Gasteiger partial charge on any atom is -0.457 e. The smallest absolute Gasteiger partial charge is 0.250 e. The number of benzene rings is 3. The Morgan fingerprint density at radius 1 is 0.833 bits per heavy atom. The molecule has 1 aliphatic rings. The first kappa shape index (κ1) is 18.0. The lowest BCUT2D eigenvalue weighted by Crippen LogP contribution is -2.45. The molecule has 1 aliphatic heterocycles. The van der Waals surface area contributed by atoms with Gasteiger partial charge in [0.1, 0.15) is 11.5 Å². The van der Waals surface area contributed by atoms with Crippen LogP contribution in [0.3, 0.4) is 0 Å². The number of aromatic amines is 1. The molecule has 0 unspecified atom stereocenters. The van der Waals surface area contributed by atoms with Crippen molar-refractivity contribution in [1.29, 1.82) is 0 Å². The lowest BCUT2D eigenvalue weighted by atomic mass is 9.87. The summed E-state index contributed by atoms with van der Waals surface area (Å²) in [7, 11) is 0. The van der Waals surface area contributed by atoms with E-state index in [0.717, 1.165) is 27.6 Å². The molecule has 1 aromatic heterocycles. The molecular weight excluding hydrogens is 378 g/mol. The van der Waals surface area contributed by atoms with Gasteiger partial charge in [-0.2, -0.15) is 0 Å². The molecule has 3 N–H and O–H groups in total. The molecule has 2 heterocycles. The van der Waals surface area contributed by atoms with Crippen molar-refractivity contribution in [3.63, 3.8) is 0 Å². The van der Waals surface area contributed by atoms with E-state index in [4.69, 9.17) is 4.74 Å². The van der Waals surface area contributed by atoms with Crippen LogP contribution in [0.5, 0.6) is 11.5 Å². The fourth-order valence-corrected chi connectivity index (χ4v) is 3.89. The number of aromatic nitrogens is 1. The number of hydrogen-bond donors (Lipinski definition) is 3. The Hall–Kier alpha value is -4.06. The van der Waals surface area contributed by atoms with E-state index in [1.54, 1.807) is 0 Å². The van der Waals surface area contributed by atoms with Crippen molar-refractivity contribution in [1.82, 2.24) is 15.8 Å². The number of H-pyrrole nitrogens is 1. The zero-order valence-corrected chi connectivity index (χ0v) is 16.0. The normalized spacial score (nSPS) is 12.5. The third-order valence-corrected chi connectivity index (χ3v) is 5.29. The van der Waals surface area contributed by atoms with Crippen LogP contribution in [0.15, 0.2) is 79.0 Å². The molecule has 0 atom stereocenters. The zero-order chi connectivity index (χ0) is 20.5. The molecule has 6 heteroatoms. The monoisotopic (exact) mass is 397 g/mol. The van der Waals surface area contributed by atoms with Crippen LogP contribution in [0.1, 0.15) is 22.6 Å². The Kier molecular flexibility index (Phi) is 4.44. The van der Waals surface area contributed by atoms with E-state index in [1.165, 1.54) is 0 Å². The molecule has 0 bridgehead atoms. The Balaban J connectivity index is 1.33. The maximum absolute atomic E-state index is 13.1. The van der Waals surface area contributed by atoms with E-state index in [2.05, 4.69) is 15.8 Å². The second kappa shape index (κ2) is 7.40. The SMILES string of the molecule is O=C(Cc1c[nH]c2ccccc12)NNC(=O)C1c2ccccc2Oc2ccccc21. The van der Waals surface area contributed by atoms with Crippen LogP contribution < -0.4 is 15.6 Å². The molecule has 0 saturated carbocycles. The predicted molar refractivity (Wildman–Crippen MR) is 113 cm³/mol. The van der Waals surface area contributed by atoms with Gasteiger partial charge in [-0.25, -0.2) is 0 Å². The van der Waals surface area contributed by atoms with Crippen molar-refractivity contribution in [3.05, 3.63) is 95.7 Å². The standard InChI is InChI=1S/C24H19N3O3/c28-22(13-15-14-25-19-10-4-1-7-16(15)19)26-27-24(29)23-17-8-2-5-11-20(17)30-21-12-6-3-9-18(21)23/h1-12,14,23,25H,13H2,(H,26,28)(H,27,29). The minimum absolute atomic E-state index is 0.158. The number of fused-ring (bicyclic) bond motifs is 3. The highest BCUT2D eigenvalue weighted by Crippen LogP contribution is 2.43. The van der Waals surface area contributed by atoms with Crippen molar-refractivity contribution in [3.8, 4) is 11.5 Å². The van der Waals surface area contributed by atoms with Crippen LogP contribution >= 0.6 is 0 Å². The van der Waals surface area contributed by atoms with E-state index in [0.29, 0.717) is 11.5 Å². The fourth-order valence-electron chi connectivity index (χ4n) is 3.89. The Labute approximate surface area is 172 Å². The molecule has 2 amide bonds. The highest BCUT2D eigenvalue weighted by atomic mass is 16.5. The summed E-state index contributed by atoms with van der Waals surface area (Å²) < 4.78 is 5.92. The number of carbonyl (C=O) groups is 2. The molecule has 5 rings (SSSR count). The van der Waals surface area contributed by atoms with Gasteiger partial charge in [0.15, 0.2) is 0 Å². The second-order valence-corrected chi connectivity index (χ2v) is 7.18. The number of amides is 2. The van der Waals surface area contributed by atoms with Crippen LogP contribution in [0, 0.1) is 0 Å². The quantitative estimate of drug-likeness (QED) is 0.460. The average Bonchev–Trinajstić information content (AvgIpc) is 3.18. The molecular formula is C24H19N3O3. The van der Waals surface area contributed by atoms with Crippen molar-refractivity contribution in [2.24, 2.45) is 0 Å². The predicted octanol–water partition coefficient (Wildman–Crippen LogP) is 3.80. The summed E-state index contributed by atoms with van der Waals surface area (Å²) in [5.41, 5.74) is 8.51. The lowest BCUT2D eigenvalue weighted by molar-refractivity contribution is -0.129. The number of ether oxygens (including phenoxy) is 1. The lowest BCUT2D eigenvalue weighted by Gasteiger charge is -2.27. The number of para-hydroxylation sites is 3. The van der Waals surface area contributed by atoms with Crippen molar-refractivity contribution in [2.75, 3.05) is 0 Å². The number of hydrogen-bond acceptors (Lipinski definition) is 3. The van der Waals surface area contributed by atoms with E-state index < -0.39 is 5.92 Å². The molecule has 0 spiro atoms. The average molecular weight is 397 g/mol. The second-order valence-electron chi connectivity index (χ2n) is 7.18. The number of nitrogens with one attached hydrogen (secondary N) is 3. The summed E-state index contributed by atoms with van der Waals surface area (Å²) in [6.07, 6.45) is 1.97. The van der Waals surface area contributed by atoms with Gasteiger partial charge in [-0.15, -0.1) is 0 Å². The van der Waals surface area contributed by atoms with E-state index in [-0.39, 0.29) is 18.2 Å². The molecule has 3 aromatic carbocycles. The summed E-state index contributed by atoms with van der Waals surface area (Å²) in [6.45, 7) is 0. The minimum atomic E-state index is -0.570. The Morgan fingerprint density at radius 3 is 2.20 bits per heavy atom.